The van der Waals surface area contributed by atoms with Gasteiger partial charge in [-0.05, 0) is 11.0 Å². The molecule has 1 atom stereocenters. The van der Waals surface area contributed by atoms with Crippen molar-refractivity contribution < 1.29 is 9.85 Å². The summed E-state index contributed by atoms with van der Waals surface area (Å²) in [7, 11) is 0. The Balaban J connectivity index is 2.80. The van der Waals surface area contributed by atoms with Crippen molar-refractivity contribution in [3.63, 3.8) is 0 Å². The average Bonchev–Trinajstić information content (AvgIpc) is 2.70. The molecule has 0 amide bonds. The number of nitro groups is 2. The van der Waals surface area contributed by atoms with Crippen LogP contribution in [-0.2, 0) is 0 Å². The SMILES string of the molecule is C=CC(n1c([N+](=O)[O-])cc2ccccc21)[N+](=O)[O-]. The van der Waals surface area contributed by atoms with Crippen LogP contribution in [0.1, 0.15) is 6.17 Å². The van der Waals surface area contributed by atoms with Crippen molar-refractivity contribution in [2.24, 2.45) is 0 Å². The molecule has 7 nitrogen and oxygen atoms in total. The van der Waals surface area contributed by atoms with E-state index in [1.165, 1.54) is 6.07 Å². The average molecular weight is 247 g/mol. The second kappa shape index (κ2) is 4.28. The van der Waals surface area contributed by atoms with Crippen molar-refractivity contribution in [1.29, 1.82) is 0 Å². The minimum absolute atomic E-state index is 0.321. The Labute approximate surface area is 101 Å². The second-order valence-electron chi connectivity index (χ2n) is 3.62. The molecule has 0 radical (unpaired) electrons. The van der Waals surface area contributed by atoms with E-state index in [-0.39, 0.29) is 5.82 Å². The number of hydrogen-bond donors (Lipinski definition) is 0. The first-order valence-corrected chi connectivity index (χ1v) is 5.06. The third-order valence-corrected chi connectivity index (χ3v) is 2.61. The maximum atomic E-state index is 11.0. The molecule has 1 aromatic carbocycles. The standard InChI is InChI=1S/C11H9N3O4/c1-2-10(13(15)16)12-9-6-4-3-5-8(9)7-11(12)14(17)18/h2-7,10H,1H2. The summed E-state index contributed by atoms with van der Waals surface area (Å²) < 4.78 is 1.06. The van der Waals surface area contributed by atoms with Crippen molar-refractivity contribution in [1.82, 2.24) is 4.57 Å². The van der Waals surface area contributed by atoms with Gasteiger partial charge in [-0.1, -0.05) is 24.8 Å². The van der Waals surface area contributed by atoms with Gasteiger partial charge < -0.3 is 10.1 Å². The van der Waals surface area contributed by atoms with Crippen molar-refractivity contribution in [3.8, 4) is 0 Å². The van der Waals surface area contributed by atoms with Crippen LogP contribution in [0.15, 0.2) is 43.0 Å². The molecule has 0 saturated carbocycles. The van der Waals surface area contributed by atoms with Gasteiger partial charge in [0.05, 0.1) is 4.92 Å². The van der Waals surface area contributed by atoms with Gasteiger partial charge in [0.25, 0.3) is 0 Å². The van der Waals surface area contributed by atoms with E-state index in [4.69, 9.17) is 0 Å². The predicted octanol–water partition coefficient (Wildman–Crippen LogP) is 2.51. The fourth-order valence-corrected chi connectivity index (χ4v) is 1.87. The highest BCUT2D eigenvalue weighted by atomic mass is 16.6. The molecule has 7 heteroatoms. The fourth-order valence-electron chi connectivity index (χ4n) is 1.87. The summed E-state index contributed by atoms with van der Waals surface area (Å²) in [5.74, 6) is -0.321. The lowest BCUT2D eigenvalue weighted by Crippen LogP contribution is -2.17. The molecule has 0 aliphatic carbocycles. The van der Waals surface area contributed by atoms with E-state index in [1.807, 2.05) is 0 Å². The first kappa shape index (κ1) is 11.8. The molecule has 1 heterocycles. The van der Waals surface area contributed by atoms with E-state index in [2.05, 4.69) is 6.58 Å². The Hall–Kier alpha value is -2.70. The van der Waals surface area contributed by atoms with E-state index < -0.39 is 16.0 Å². The van der Waals surface area contributed by atoms with E-state index in [9.17, 15) is 20.2 Å². The molecule has 2 rings (SSSR count). The van der Waals surface area contributed by atoms with Crippen molar-refractivity contribution in [2.45, 2.75) is 6.17 Å². The molecule has 1 aromatic heterocycles. The topological polar surface area (TPSA) is 91.2 Å². The third kappa shape index (κ3) is 1.71. The van der Waals surface area contributed by atoms with Gasteiger partial charge in [-0.3, -0.25) is 10.1 Å². The number of para-hydroxylation sites is 1. The first-order chi connectivity index (χ1) is 8.56. The van der Waals surface area contributed by atoms with Gasteiger partial charge in [-0.15, -0.1) is 0 Å². The normalized spacial score (nSPS) is 12.2. The lowest BCUT2D eigenvalue weighted by Gasteiger charge is -2.05. The molecule has 0 fully saturated rings. The summed E-state index contributed by atoms with van der Waals surface area (Å²) in [5, 5.41) is 22.5. The molecule has 0 aliphatic rings. The van der Waals surface area contributed by atoms with E-state index >= 15 is 0 Å². The molecule has 2 aromatic rings. The highest BCUT2D eigenvalue weighted by molar-refractivity contribution is 5.83. The maximum Gasteiger partial charge on any atom is 0.370 e. The molecular weight excluding hydrogens is 238 g/mol. The number of benzene rings is 1. The molecule has 0 spiro atoms. The number of nitrogens with zero attached hydrogens (tertiary/aromatic N) is 3. The Kier molecular flexibility index (Phi) is 2.80. The largest absolute Gasteiger partial charge is 0.370 e. The fraction of sp³-hybridized carbons (Fsp3) is 0.0909. The van der Waals surface area contributed by atoms with Crippen molar-refractivity contribution in [3.05, 3.63) is 63.2 Å². The van der Waals surface area contributed by atoms with Crippen LogP contribution in [0.4, 0.5) is 5.82 Å². The summed E-state index contributed by atoms with van der Waals surface area (Å²) in [6, 6.07) is 7.96. The highest BCUT2D eigenvalue weighted by Gasteiger charge is 2.31. The lowest BCUT2D eigenvalue weighted by molar-refractivity contribution is -0.536. The molecule has 0 bridgehead atoms. The molecule has 0 saturated heterocycles. The number of hydrogen-bond acceptors (Lipinski definition) is 4. The van der Waals surface area contributed by atoms with Gasteiger partial charge in [-0.25, -0.2) is 0 Å². The molecule has 92 valence electrons. The lowest BCUT2D eigenvalue weighted by atomic mass is 10.2. The number of aromatic nitrogens is 1. The zero-order valence-corrected chi connectivity index (χ0v) is 9.22. The zero-order valence-electron chi connectivity index (χ0n) is 9.22. The maximum absolute atomic E-state index is 11.0. The van der Waals surface area contributed by atoms with Crippen LogP contribution in [-0.4, -0.2) is 14.4 Å². The van der Waals surface area contributed by atoms with E-state index in [0.717, 1.165) is 10.6 Å². The number of rotatable bonds is 4. The Bertz CT molecular complexity index is 647. The van der Waals surface area contributed by atoms with Gasteiger partial charge in [0, 0.05) is 17.5 Å². The van der Waals surface area contributed by atoms with Gasteiger partial charge in [-0.2, -0.15) is 4.57 Å². The summed E-state index contributed by atoms with van der Waals surface area (Å²) in [6.45, 7) is 3.36. The Morgan fingerprint density at radius 3 is 2.50 bits per heavy atom. The smallest absolute Gasteiger partial charge is 0.358 e. The van der Waals surface area contributed by atoms with Crippen LogP contribution >= 0.6 is 0 Å². The predicted molar refractivity (Wildman–Crippen MR) is 64.8 cm³/mol. The minimum atomic E-state index is -1.36. The van der Waals surface area contributed by atoms with Crippen LogP contribution in [0.5, 0.6) is 0 Å². The monoisotopic (exact) mass is 247 g/mol. The van der Waals surface area contributed by atoms with Gasteiger partial charge >= 0.3 is 12.0 Å². The van der Waals surface area contributed by atoms with Crippen LogP contribution < -0.4 is 0 Å². The zero-order chi connectivity index (χ0) is 13.3. The molecule has 0 N–H and O–H groups in total. The summed E-state index contributed by atoms with van der Waals surface area (Å²) in [5.41, 5.74) is 0.436. The second-order valence-corrected chi connectivity index (χ2v) is 3.62. The van der Waals surface area contributed by atoms with Crippen molar-refractivity contribution in [2.75, 3.05) is 0 Å². The highest BCUT2D eigenvalue weighted by Crippen LogP contribution is 2.29. The van der Waals surface area contributed by atoms with Crippen LogP contribution in [0.2, 0.25) is 0 Å². The summed E-state index contributed by atoms with van der Waals surface area (Å²) in [6.07, 6.45) is -0.287. The first-order valence-electron chi connectivity index (χ1n) is 5.06. The molecular formula is C11H9N3O4. The minimum Gasteiger partial charge on any atom is -0.358 e. The number of fused-ring (bicyclic) bond motifs is 1. The third-order valence-electron chi connectivity index (χ3n) is 2.61. The van der Waals surface area contributed by atoms with Crippen LogP contribution in [0, 0.1) is 20.2 Å². The van der Waals surface area contributed by atoms with E-state index in [1.54, 1.807) is 24.3 Å². The summed E-state index contributed by atoms with van der Waals surface area (Å²) >= 11 is 0. The van der Waals surface area contributed by atoms with Gasteiger partial charge in [0.15, 0.2) is 0 Å². The quantitative estimate of drug-likeness (QED) is 0.471. The van der Waals surface area contributed by atoms with Crippen LogP contribution in [0.25, 0.3) is 10.9 Å². The Morgan fingerprint density at radius 1 is 1.28 bits per heavy atom. The van der Waals surface area contributed by atoms with Crippen LogP contribution in [0.3, 0.4) is 0 Å². The molecule has 0 aliphatic heterocycles. The van der Waals surface area contributed by atoms with Crippen molar-refractivity contribution >= 4 is 16.7 Å². The molecule has 1 unspecified atom stereocenters. The molecule has 18 heavy (non-hydrogen) atoms. The van der Waals surface area contributed by atoms with E-state index in [0.29, 0.717) is 10.9 Å². The Morgan fingerprint density at radius 2 is 1.94 bits per heavy atom. The van der Waals surface area contributed by atoms with Gasteiger partial charge in [0.1, 0.15) is 5.52 Å². The van der Waals surface area contributed by atoms with Gasteiger partial charge in [0.2, 0.25) is 0 Å². The summed E-state index contributed by atoms with van der Waals surface area (Å²) in [4.78, 5) is 20.6.